The molecule has 1 aliphatic carbocycles. The van der Waals surface area contributed by atoms with Crippen LogP contribution in [0.25, 0.3) is 0 Å². The lowest BCUT2D eigenvalue weighted by Gasteiger charge is -2.22. The van der Waals surface area contributed by atoms with Crippen LogP contribution < -0.4 is 14.9 Å². The molecule has 0 spiro atoms. The van der Waals surface area contributed by atoms with Crippen molar-refractivity contribution in [2.24, 2.45) is 5.92 Å². The third-order valence-corrected chi connectivity index (χ3v) is 7.04. The van der Waals surface area contributed by atoms with Gasteiger partial charge in [-0.15, -0.1) is 0 Å². The molecular weight excluding hydrogens is 416 g/mol. The topological polar surface area (TPSA) is 108 Å². The third-order valence-electron chi connectivity index (χ3n) is 5.58. The molecule has 2 amide bonds. The summed E-state index contributed by atoms with van der Waals surface area (Å²) < 4.78 is 27.8. The van der Waals surface area contributed by atoms with Crippen molar-refractivity contribution in [2.45, 2.75) is 50.1 Å². The van der Waals surface area contributed by atoms with E-state index in [4.69, 9.17) is 0 Å². The van der Waals surface area contributed by atoms with Gasteiger partial charge in [0.1, 0.15) is 0 Å². The maximum atomic E-state index is 12.7. The van der Waals surface area contributed by atoms with E-state index in [1.54, 1.807) is 30.5 Å². The molecule has 1 unspecified atom stereocenters. The van der Waals surface area contributed by atoms with E-state index in [1.807, 2.05) is 17.9 Å². The molecular formula is C22H26N4O4S. The van der Waals surface area contributed by atoms with Gasteiger partial charge < -0.3 is 10.2 Å². The van der Waals surface area contributed by atoms with Gasteiger partial charge in [-0.2, -0.15) is 0 Å². The summed E-state index contributed by atoms with van der Waals surface area (Å²) in [6.45, 7) is 2.28. The molecule has 4 rings (SSSR count). The summed E-state index contributed by atoms with van der Waals surface area (Å²) in [6.07, 6.45) is 4.17. The number of nitrogens with zero attached hydrogens (tertiary/aromatic N) is 2. The van der Waals surface area contributed by atoms with E-state index in [0.717, 1.165) is 29.8 Å². The van der Waals surface area contributed by atoms with Crippen LogP contribution >= 0.6 is 0 Å². The van der Waals surface area contributed by atoms with Crippen molar-refractivity contribution in [3.05, 3.63) is 53.9 Å². The first kappa shape index (κ1) is 21.5. The summed E-state index contributed by atoms with van der Waals surface area (Å²) in [6, 6.07) is 10.3. The SMILES string of the molecule is CC1Cc2cc(S(=O)(=O)NCCC(=O)NCc3ccccn3)ccc2N1C(=O)C1CC1. The molecule has 2 aliphatic rings. The van der Waals surface area contributed by atoms with Crippen LogP contribution in [-0.4, -0.2) is 37.8 Å². The normalized spacial score (nSPS) is 18.0. The van der Waals surface area contributed by atoms with E-state index >= 15 is 0 Å². The number of anilines is 1. The monoisotopic (exact) mass is 442 g/mol. The first-order valence-corrected chi connectivity index (χ1v) is 12.0. The highest BCUT2D eigenvalue weighted by Gasteiger charge is 2.39. The van der Waals surface area contributed by atoms with E-state index < -0.39 is 10.0 Å². The average Bonchev–Trinajstić information content (AvgIpc) is 3.54. The Balaban J connectivity index is 1.33. The Morgan fingerprint density at radius 1 is 1.19 bits per heavy atom. The molecule has 164 valence electrons. The minimum atomic E-state index is -3.75. The summed E-state index contributed by atoms with van der Waals surface area (Å²) in [5.41, 5.74) is 2.40. The number of carbonyl (C=O) groups excluding carboxylic acids is 2. The van der Waals surface area contributed by atoms with Crippen molar-refractivity contribution in [2.75, 3.05) is 11.4 Å². The van der Waals surface area contributed by atoms with Gasteiger partial charge in [0.25, 0.3) is 0 Å². The van der Waals surface area contributed by atoms with Crippen molar-refractivity contribution in [1.29, 1.82) is 0 Å². The predicted molar refractivity (Wildman–Crippen MR) is 116 cm³/mol. The molecule has 2 aromatic rings. The summed E-state index contributed by atoms with van der Waals surface area (Å²) >= 11 is 0. The number of hydrogen-bond donors (Lipinski definition) is 2. The highest BCUT2D eigenvalue weighted by atomic mass is 32.2. The quantitative estimate of drug-likeness (QED) is 0.648. The standard InChI is InChI=1S/C22H26N4O4S/c1-15-12-17-13-19(7-8-20(17)26(15)22(28)16-5-6-16)31(29,30)25-11-9-21(27)24-14-18-4-2-3-10-23-18/h2-4,7-8,10,13,15-16,25H,5-6,9,11-12,14H2,1H3,(H,24,27). The number of pyridine rings is 1. The Kier molecular flexibility index (Phi) is 6.06. The molecule has 1 aromatic heterocycles. The van der Waals surface area contributed by atoms with Crippen LogP contribution in [0.3, 0.4) is 0 Å². The molecule has 0 radical (unpaired) electrons. The first-order chi connectivity index (χ1) is 14.8. The molecule has 0 bridgehead atoms. The molecule has 2 heterocycles. The molecule has 1 saturated carbocycles. The van der Waals surface area contributed by atoms with E-state index in [0.29, 0.717) is 13.0 Å². The molecule has 2 N–H and O–H groups in total. The van der Waals surface area contributed by atoms with E-state index in [9.17, 15) is 18.0 Å². The number of sulfonamides is 1. The van der Waals surface area contributed by atoms with Crippen molar-refractivity contribution in [3.63, 3.8) is 0 Å². The molecule has 31 heavy (non-hydrogen) atoms. The van der Waals surface area contributed by atoms with Gasteiger partial charge in [0, 0.05) is 36.8 Å². The van der Waals surface area contributed by atoms with Crippen molar-refractivity contribution in [3.8, 4) is 0 Å². The Morgan fingerprint density at radius 3 is 2.71 bits per heavy atom. The van der Waals surface area contributed by atoms with Gasteiger partial charge in [-0.25, -0.2) is 13.1 Å². The lowest BCUT2D eigenvalue weighted by atomic mass is 10.1. The number of aromatic nitrogens is 1. The lowest BCUT2D eigenvalue weighted by Crippen LogP contribution is -2.36. The zero-order valence-corrected chi connectivity index (χ0v) is 18.2. The van der Waals surface area contributed by atoms with Crippen LogP contribution in [-0.2, 0) is 32.6 Å². The zero-order valence-electron chi connectivity index (χ0n) is 17.4. The Bertz CT molecular complexity index is 1080. The van der Waals surface area contributed by atoms with Crippen LogP contribution in [0, 0.1) is 5.92 Å². The predicted octanol–water partition coefficient (Wildman–Crippen LogP) is 1.75. The second-order valence-electron chi connectivity index (χ2n) is 8.07. The number of rotatable bonds is 8. The number of amides is 2. The largest absolute Gasteiger partial charge is 0.350 e. The fourth-order valence-corrected chi connectivity index (χ4v) is 4.88. The smallest absolute Gasteiger partial charge is 0.240 e. The highest BCUT2D eigenvalue weighted by molar-refractivity contribution is 7.89. The van der Waals surface area contributed by atoms with Crippen LogP contribution in [0.4, 0.5) is 5.69 Å². The van der Waals surface area contributed by atoms with Crippen LogP contribution in [0.1, 0.15) is 37.4 Å². The van der Waals surface area contributed by atoms with Crippen LogP contribution in [0.2, 0.25) is 0 Å². The van der Waals surface area contributed by atoms with Gasteiger partial charge in [0.15, 0.2) is 0 Å². The number of fused-ring (bicyclic) bond motifs is 1. The summed E-state index contributed by atoms with van der Waals surface area (Å²) in [5.74, 6) is -0.00986. The number of nitrogens with one attached hydrogen (secondary N) is 2. The maximum absolute atomic E-state index is 12.7. The molecule has 1 atom stereocenters. The summed E-state index contributed by atoms with van der Waals surface area (Å²) in [4.78, 5) is 30.6. The summed E-state index contributed by atoms with van der Waals surface area (Å²) in [5, 5.41) is 2.72. The number of hydrogen-bond acceptors (Lipinski definition) is 5. The van der Waals surface area contributed by atoms with Crippen molar-refractivity contribution >= 4 is 27.5 Å². The van der Waals surface area contributed by atoms with E-state index in [-0.39, 0.29) is 41.6 Å². The molecule has 8 nitrogen and oxygen atoms in total. The van der Waals surface area contributed by atoms with Crippen molar-refractivity contribution < 1.29 is 18.0 Å². The Labute approximate surface area is 182 Å². The van der Waals surface area contributed by atoms with Gasteiger partial charge in [0.2, 0.25) is 21.8 Å². The Morgan fingerprint density at radius 2 is 2.00 bits per heavy atom. The third kappa shape index (κ3) is 4.94. The molecule has 9 heteroatoms. The minimum Gasteiger partial charge on any atom is -0.350 e. The van der Waals surface area contributed by atoms with E-state index in [2.05, 4.69) is 15.0 Å². The number of carbonyl (C=O) groups is 2. The highest BCUT2D eigenvalue weighted by Crippen LogP contribution is 2.39. The van der Waals surface area contributed by atoms with Crippen LogP contribution in [0.15, 0.2) is 47.5 Å². The van der Waals surface area contributed by atoms with Gasteiger partial charge in [-0.05, 0) is 62.1 Å². The molecule has 1 aromatic carbocycles. The van der Waals surface area contributed by atoms with Gasteiger partial charge in [-0.3, -0.25) is 14.6 Å². The number of benzene rings is 1. The molecule has 1 fully saturated rings. The average molecular weight is 443 g/mol. The van der Waals surface area contributed by atoms with Crippen LogP contribution in [0.5, 0.6) is 0 Å². The minimum absolute atomic E-state index is 0.00381. The Hall–Kier alpha value is -2.78. The van der Waals surface area contributed by atoms with Gasteiger partial charge in [-0.1, -0.05) is 6.07 Å². The fourth-order valence-electron chi connectivity index (χ4n) is 3.80. The van der Waals surface area contributed by atoms with Gasteiger partial charge in [0.05, 0.1) is 17.1 Å². The maximum Gasteiger partial charge on any atom is 0.240 e. The zero-order chi connectivity index (χ0) is 22.0. The second-order valence-corrected chi connectivity index (χ2v) is 9.84. The van der Waals surface area contributed by atoms with Crippen molar-refractivity contribution in [1.82, 2.24) is 15.0 Å². The fraction of sp³-hybridized carbons (Fsp3) is 0.409. The van der Waals surface area contributed by atoms with Gasteiger partial charge >= 0.3 is 0 Å². The first-order valence-electron chi connectivity index (χ1n) is 10.5. The second kappa shape index (κ2) is 8.76. The summed E-state index contributed by atoms with van der Waals surface area (Å²) in [7, 11) is -3.75. The lowest BCUT2D eigenvalue weighted by molar-refractivity contribution is -0.121. The molecule has 0 saturated heterocycles. The van der Waals surface area contributed by atoms with E-state index in [1.165, 1.54) is 6.07 Å². The molecule has 1 aliphatic heterocycles.